The lowest BCUT2D eigenvalue weighted by atomic mass is 10.1. The molecule has 1 aliphatic rings. The topological polar surface area (TPSA) is 62.3 Å². The van der Waals surface area contributed by atoms with Crippen molar-refractivity contribution in [2.75, 3.05) is 11.9 Å². The fourth-order valence-electron chi connectivity index (χ4n) is 1.95. The number of fused-ring (bicyclic) bond motifs is 1. The zero-order chi connectivity index (χ0) is 13.3. The van der Waals surface area contributed by atoms with Gasteiger partial charge in [0.15, 0.2) is 5.13 Å². The quantitative estimate of drug-likeness (QED) is 0.886. The Bertz CT molecular complexity index is 482. The third-order valence-electron chi connectivity index (χ3n) is 2.82. The van der Waals surface area contributed by atoms with Crippen molar-refractivity contribution in [1.29, 1.82) is 0 Å². The van der Waals surface area contributed by atoms with Crippen molar-refractivity contribution in [3.05, 3.63) is 10.6 Å². The maximum atomic E-state index is 11.9. The number of nitrogens with zero attached hydrogens (tertiary/aromatic N) is 2. The molecule has 1 N–H and O–H groups in total. The fraction of sp³-hybridized carbons (Fsp3) is 0.583. The molecule has 6 heteroatoms. The van der Waals surface area contributed by atoms with E-state index in [9.17, 15) is 9.59 Å². The maximum absolute atomic E-state index is 11.9. The van der Waals surface area contributed by atoms with Crippen molar-refractivity contribution in [3.8, 4) is 0 Å². The van der Waals surface area contributed by atoms with Gasteiger partial charge >= 0.3 is 0 Å². The lowest BCUT2D eigenvalue weighted by Crippen LogP contribution is -2.37. The van der Waals surface area contributed by atoms with E-state index in [0.717, 1.165) is 17.0 Å². The summed E-state index contributed by atoms with van der Waals surface area (Å²) in [5.74, 6) is 0.0839. The first-order valence-electron chi connectivity index (χ1n) is 6.02. The molecule has 0 saturated carbocycles. The van der Waals surface area contributed by atoms with Gasteiger partial charge in [-0.3, -0.25) is 9.59 Å². The van der Waals surface area contributed by atoms with Crippen molar-refractivity contribution >= 4 is 28.3 Å². The van der Waals surface area contributed by atoms with Crippen LogP contribution in [-0.4, -0.2) is 28.2 Å². The van der Waals surface area contributed by atoms with Crippen LogP contribution in [0.2, 0.25) is 0 Å². The van der Waals surface area contributed by atoms with E-state index in [1.54, 1.807) is 0 Å². The van der Waals surface area contributed by atoms with Gasteiger partial charge in [0.25, 0.3) is 0 Å². The molecule has 0 aliphatic carbocycles. The summed E-state index contributed by atoms with van der Waals surface area (Å²) in [4.78, 5) is 30.2. The normalized spacial score (nSPS) is 14.6. The van der Waals surface area contributed by atoms with E-state index < -0.39 is 0 Å². The Balaban J connectivity index is 2.12. The molecule has 0 radical (unpaired) electrons. The summed E-state index contributed by atoms with van der Waals surface area (Å²) < 4.78 is 0. The van der Waals surface area contributed by atoms with E-state index in [0.29, 0.717) is 18.2 Å². The molecule has 98 valence electrons. The molecule has 2 amide bonds. The average molecular weight is 267 g/mol. The molecule has 1 aromatic rings. The van der Waals surface area contributed by atoms with E-state index in [1.165, 1.54) is 18.3 Å². The summed E-state index contributed by atoms with van der Waals surface area (Å²) in [6, 6.07) is 0. The molecule has 0 aromatic carbocycles. The second-order valence-corrected chi connectivity index (χ2v) is 5.82. The summed E-state index contributed by atoms with van der Waals surface area (Å²) in [6.45, 7) is 6.62. The summed E-state index contributed by atoms with van der Waals surface area (Å²) in [5.41, 5.74) is 1.01. The molecule has 0 atom stereocenters. The Labute approximate surface area is 110 Å². The van der Waals surface area contributed by atoms with Crippen LogP contribution in [0.4, 0.5) is 5.13 Å². The van der Waals surface area contributed by atoms with Gasteiger partial charge < -0.3 is 10.2 Å². The highest BCUT2D eigenvalue weighted by molar-refractivity contribution is 7.15. The van der Waals surface area contributed by atoms with Crippen molar-refractivity contribution in [2.24, 2.45) is 5.92 Å². The third-order valence-corrected chi connectivity index (χ3v) is 3.82. The molecule has 18 heavy (non-hydrogen) atoms. The van der Waals surface area contributed by atoms with Crippen LogP contribution in [0.5, 0.6) is 0 Å². The van der Waals surface area contributed by atoms with E-state index in [4.69, 9.17) is 0 Å². The van der Waals surface area contributed by atoms with Crippen LogP contribution < -0.4 is 5.32 Å². The van der Waals surface area contributed by atoms with Crippen LogP contribution >= 0.6 is 11.3 Å². The lowest BCUT2D eigenvalue weighted by Gasteiger charge is -2.27. The predicted molar refractivity (Wildman–Crippen MR) is 70.4 cm³/mol. The van der Waals surface area contributed by atoms with Gasteiger partial charge in [0.05, 0.1) is 12.2 Å². The number of aromatic nitrogens is 1. The third kappa shape index (κ3) is 2.69. The van der Waals surface area contributed by atoms with E-state index >= 15 is 0 Å². The summed E-state index contributed by atoms with van der Waals surface area (Å²) in [6.07, 6.45) is 0.768. The lowest BCUT2D eigenvalue weighted by molar-refractivity contribution is -0.135. The molecule has 2 heterocycles. The number of hydrogen-bond donors (Lipinski definition) is 1. The smallest absolute Gasteiger partial charge is 0.225 e. The SMILES string of the molecule is CC(=O)Nc1nc2c(s1)CN(C(=O)C(C)C)CC2. The number of carbonyl (C=O) groups is 2. The Morgan fingerprint density at radius 2 is 2.17 bits per heavy atom. The number of carbonyl (C=O) groups excluding carboxylic acids is 2. The van der Waals surface area contributed by atoms with Crippen LogP contribution in [0.15, 0.2) is 0 Å². The average Bonchev–Trinajstić information content (AvgIpc) is 2.67. The number of amides is 2. The number of anilines is 1. The second-order valence-electron chi connectivity index (χ2n) is 4.73. The second kappa shape index (κ2) is 5.06. The molecule has 0 spiro atoms. The van der Waals surface area contributed by atoms with E-state index in [2.05, 4.69) is 10.3 Å². The Kier molecular flexibility index (Phi) is 3.65. The molecule has 1 aromatic heterocycles. The Morgan fingerprint density at radius 1 is 1.44 bits per heavy atom. The van der Waals surface area contributed by atoms with Crippen LogP contribution in [0, 0.1) is 5.92 Å². The van der Waals surface area contributed by atoms with Gasteiger partial charge in [0.1, 0.15) is 0 Å². The van der Waals surface area contributed by atoms with Crippen molar-refractivity contribution in [1.82, 2.24) is 9.88 Å². The van der Waals surface area contributed by atoms with Gasteiger partial charge in [0.2, 0.25) is 11.8 Å². The Hall–Kier alpha value is -1.43. The minimum absolute atomic E-state index is 0.0225. The van der Waals surface area contributed by atoms with E-state index in [-0.39, 0.29) is 17.7 Å². The monoisotopic (exact) mass is 267 g/mol. The molecule has 0 unspecified atom stereocenters. The van der Waals surface area contributed by atoms with Crippen LogP contribution in [0.25, 0.3) is 0 Å². The summed E-state index contributed by atoms with van der Waals surface area (Å²) in [7, 11) is 0. The van der Waals surface area contributed by atoms with Gasteiger partial charge in [-0.2, -0.15) is 0 Å². The van der Waals surface area contributed by atoms with Crippen molar-refractivity contribution in [3.63, 3.8) is 0 Å². The molecule has 0 fully saturated rings. The molecule has 0 bridgehead atoms. The number of thiazole rings is 1. The summed E-state index contributed by atoms with van der Waals surface area (Å²) >= 11 is 1.46. The zero-order valence-electron chi connectivity index (χ0n) is 10.8. The van der Waals surface area contributed by atoms with Gasteiger partial charge in [-0.05, 0) is 0 Å². The minimum atomic E-state index is -0.115. The maximum Gasteiger partial charge on any atom is 0.225 e. The first kappa shape index (κ1) is 13.0. The highest BCUT2D eigenvalue weighted by atomic mass is 32.1. The van der Waals surface area contributed by atoms with Gasteiger partial charge in [-0.15, -0.1) is 0 Å². The number of nitrogens with one attached hydrogen (secondary N) is 1. The standard InChI is InChI=1S/C12H17N3O2S/c1-7(2)11(17)15-5-4-9-10(6-15)18-12(14-9)13-8(3)16/h7H,4-6H2,1-3H3,(H,13,14,16). The summed E-state index contributed by atoms with van der Waals surface area (Å²) in [5, 5.41) is 3.32. The van der Waals surface area contributed by atoms with Gasteiger partial charge in [-0.1, -0.05) is 25.2 Å². The highest BCUT2D eigenvalue weighted by Gasteiger charge is 2.25. The first-order valence-corrected chi connectivity index (χ1v) is 6.84. The molecule has 5 nitrogen and oxygen atoms in total. The van der Waals surface area contributed by atoms with Crippen LogP contribution in [0.1, 0.15) is 31.3 Å². The van der Waals surface area contributed by atoms with Crippen LogP contribution in [0.3, 0.4) is 0 Å². The molecular weight excluding hydrogens is 250 g/mol. The molecular formula is C12H17N3O2S. The Morgan fingerprint density at radius 3 is 2.78 bits per heavy atom. The van der Waals surface area contributed by atoms with Crippen LogP contribution in [-0.2, 0) is 22.6 Å². The highest BCUT2D eigenvalue weighted by Crippen LogP contribution is 2.28. The predicted octanol–water partition coefficient (Wildman–Crippen LogP) is 1.64. The number of rotatable bonds is 2. The van der Waals surface area contributed by atoms with Crippen molar-refractivity contribution in [2.45, 2.75) is 33.7 Å². The van der Waals surface area contributed by atoms with Gasteiger partial charge in [-0.25, -0.2) is 4.98 Å². The molecule has 2 rings (SSSR count). The first-order chi connectivity index (χ1) is 8.47. The minimum Gasteiger partial charge on any atom is -0.337 e. The van der Waals surface area contributed by atoms with Crippen molar-refractivity contribution < 1.29 is 9.59 Å². The molecule has 1 aliphatic heterocycles. The zero-order valence-corrected chi connectivity index (χ0v) is 11.6. The molecule has 0 saturated heterocycles. The largest absolute Gasteiger partial charge is 0.337 e. The number of hydrogen-bond acceptors (Lipinski definition) is 4. The van der Waals surface area contributed by atoms with E-state index in [1.807, 2.05) is 18.7 Å². The fourth-order valence-corrected chi connectivity index (χ4v) is 3.02. The van der Waals surface area contributed by atoms with Gasteiger partial charge in [0, 0.05) is 30.7 Å².